The molecule has 0 saturated carbocycles. The summed E-state index contributed by atoms with van der Waals surface area (Å²) in [5.41, 5.74) is -0.0797. The first-order valence-corrected chi connectivity index (χ1v) is 7.70. The highest BCUT2D eigenvalue weighted by molar-refractivity contribution is 7.80. The van der Waals surface area contributed by atoms with Crippen LogP contribution in [0.4, 0.5) is 15.8 Å². The first kappa shape index (κ1) is 17.4. The van der Waals surface area contributed by atoms with Crippen LogP contribution in [0.5, 0.6) is 0 Å². The molecule has 7 nitrogen and oxygen atoms in total. The number of thiocarbonyl (C=S) groups is 1. The second-order valence-corrected chi connectivity index (χ2v) is 5.64. The van der Waals surface area contributed by atoms with E-state index in [2.05, 4.69) is 5.32 Å². The van der Waals surface area contributed by atoms with Gasteiger partial charge < -0.3 is 0 Å². The van der Waals surface area contributed by atoms with E-state index in [-0.39, 0.29) is 22.1 Å². The summed E-state index contributed by atoms with van der Waals surface area (Å²) in [4.78, 5) is 35.9. The zero-order chi connectivity index (χ0) is 18.8. The molecule has 26 heavy (non-hydrogen) atoms. The second kappa shape index (κ2) is 6.81. The number of nitrogens with zero attached hydrogens (tertiary/aromatic N) is 2. The number of rotatable bonds is 3. The molecule has 2 aromatic carbocycles. The average molecular weight is 371 g/mol. The van der Waals surface area contributed by atoms with Gasteiger partial charge in [-0.15, -0.1) is 0 Å². The number of anilines is 1. The van der Waals surface area contributed by atoms with Crippen molar-refractivity contribution in [1.29, 1.82) is 0 Å². The third kappa shape index (κ3) is 3.20. The average Bonchev–Trinajstić information content (AvgIpc) is 2.60. The summed E-state index contributed by atoms with van der Waals surface area (Å²) in [6.45, 7) is 0. The number of non-ortho nitro benzene ring substituents is 1. The van der Waals surface area contributed by atoms with Crippen LogP contribution in [0, 0.1) is 15.9 Å². The standard InChI is InChI=1S/C17H10FN3O4S/c18-13-3-1-2-4-14(13)20-16(23)12(15(22)19-17(20)26)9-10-5-7-11(8-6-10)21(24)25/h1-9H,(H,19,22,26)/b12-9+. The number of carbonyl (C=O) groups is 2. The summed E-state index contributed by atoms with van der Waals surface area (Å²) in [6, 6.07) is 10.8. The smallest absolute Gasteiger partial charge is 0.270 e. The minimum Gasteiger partial charge on any atom is -0.298 e. The Hall–Kier alpha value is -3.46. The van der Waals surface area contributed by atoms with Gasteiger partial charge in [0.2, 0.25) is 0 Å². The Labute approximate surface area is 151 Å². The van der Waals surface area contributed by atoms with Crippen molar-refractivity contribution in [2.45, 2.75) is 0 Å². The summed E-state index contributed by atoms with van der Waals surface area (Å²) in [5.74, 6) is -2.19. The second-order valence-electron chi connectivity index (χ2n) is 5.26. The molecule has 3 rings (SSSR count). The van der Waals surface area contributed by atoms with Crippen molar-refractivity contribution in [2.24, 2.45) is 0 Å². The number of para-hydroxylation sites is 1. The normalized spacial score (nSPS) is 16.0. The van der Waals surface area contributed by atoms with Gasteiger partial charge >= 0.3 is 0 Å². The maximum absolute atomic E-state index is 14.0. The highest BCUT2D eigenvalue weighted by atomic mass is 32.1. The van der Waals surface area contributed by atoms with Gasteiger partial charge in [0, 0.05) is 12.1 Å². The van der Waals surface area contributed by atoms with Crippen molar-refractivity contribution in [1.82, 2.24) is 5.32 Å². The lowest BCUT2D eigenvalue weighted by Gasteiger charge is -2.29. The van der Waals surface area contributed by atoms with Crippen LogP contribution in [0.25, 0.3) is 6.08 Å². The molecule has 1 saturated heterocycles. The van der Waals surface area contributed by atoms with Crippen molar-refractivity contribution in [3.05, 3.63) is 75.6 Å². The van der Waals surface area contributed by atoms with Crippen LogP contribution in [0.2, 0.25) is 0 Å². The van der Waals surface area contributed by atoms with Crippen LogP contribution in [0.3, 0.4) is 0 Å². The summed E-state index contributed by atoms with van der Waals surface area (Å²) in [5, 5.41) is 12.8. The zero-order valence-corrected chi connectivity index (χ0v) is 13.8. The Balaban J connectivity index is 2.00. The Morgan fingerprint density at radius 3 is 2.38 bits per heavy atom. The number of halogens is 1. The SMILES string of the molecule is O=C1NC(=S)N(c2ccccc2F)C(=O)/C1=C/c1ccc([N+](=O)[O-])cc1. The Morgan fingerprint density at radius 1 is 1.12 bits per heavy atom. The van der Waals surface area contributed by atoms with Crippen molar-refractivity contribution >= 4 is 46.6 Å². The van der Waals surface area contributed by atoms with Gasteiger partial charge in [-0.1, -0.05) is 12.1 Å². The van der Waals surface area contributed by atoms with Gasteiger partial charge in [-0.3, -0.25) is 25.0 Å². The van der Waals surface area contributed by atoms with Crippen molar-refractivity contribution < 1.29 is 18.9 Å². The van der Waals surface area contributed by atoms with E-state index in [1.807, 2.05) is 0 Å². The number of hydrogen-bond acceptors (Lipinski definition) is 5. The molecular formula is C17H10FN3O4S. The number of nitro benzene ring substituents is 1. The molecule has 1 aliphatic rings. The molecule has 0 radical (unpaired) electrons. The van der Waals surface area contributed by atoms with Gasteiger partial charge in [0.15, 0.2) is 5.11 Å². The van der Waals surface area contributed by atoms with Crippen LogP contribution in [0.15, 0.2) is 54.1 Å². The minimum atomic E-state index is -0.790. The van der Waals surface area contributed by atoms with Gasteiger partial charge in [0.1, 0.15) is 11.4 Å². The minimum absolute atomic E-state index is 0.0860. The fourth-order valence-corrected chi connectivity index (χ4v) is 2.64. The molecule has 2 aromatic rings. The van der Waals surface area contributed by atoms with E-state index in [4.69, 9.17) is 12.2 Å². The number of hydrogen-bond donors (Lipinski definition) is 1. The van der Waals surface area contributed by atoms with E-state index in [0.717, 1.165) is 4.90 Å². The van der Waals surface area contributed by atoms with Gasteiger partial charge in [-0.25, -0.2) is 9.29 Å². The van der Waals surface area contributed by atoms with Gasteiger partial charge in [0.25, 0.3) is 17.5 Å². The zero-order valence-electron chi connectivity index (χ0n) is 13.0. The molecule has 1 heterocycles. The van der Waals surface area contributed by atoms with Crippen LogP contribution in [0.1, 0.15) is 5.56 Å². The molecule has 0 bridgehead atoms. The van der Waals surface area contributed by atoms with Gasteiger partial charge in [-0.2, -0.15) is 0 Å². The Bertz CT molecular complexity index is 972. The molecule has 0 aliphatic carbocycles. The van der Waals surface area contributed by atoms with E-state index in [9.17, 15) is 24.1 Å². The first-order chi connectivity index (χ1) is 12.4. The van der Waals surface area contributed by atoms with Gasteiger partial charge in [-0.05, 0) is 48.1 Å². The number of amides is 2. The maximum atomic E-state index is 14.0. The van der Waals surface area contributed by atoms with Gasteiger partial charge in [0.05, 0.1) is 10.6 Å². The lowest BCUT2D eigenvalue weighted by molar-refractivity contribution is -0.384. The van der Waals surface area contributed by atoms with Crippen LogP contribution < -0.4 is 10.2 Å². The van der Waals surface area contributed by atoms with E-state index in [1.54, 1.807) is 0 Å². The monoisotopic (exact) mass is 371 g/mol. The lowest BCUT2D eigenvalue weighted by Crippen LogP contribution is -2.54. The number of nitro groups is 1. The summed E-state index contributed by atoms with van der Waals surface area (Å²) < 4.78 is 14.0. The summed E-state index contributed by atoms with van der Waals surface area (Å²) in [6.07, 6.45) is 1.26. The van der Waals surface area contributed by atoms with Crippen LogP contribution in [-0.4, -0.2) is 21.9 Å². The maximum Gasteiger partial charge on any atom is 0.270 e. The predicted octanol–water partition coefficient (Wildman–Crippen LogP) is 2.57. The molecule has 1 fully saturated rings. The van der Waals surface area contributed by atoms with E-state index >= 15 is 0 Å². The molecule has 130 valence electrons. The third-order valence-electron chi connectivity index (χ3n) is 3.61. The summed E-state index contributed by atoms with van der Waals surface area (Å²) >= 11 is 4.99. The molecule has 9 heteroatoms. The number of nitrogens with one attached hydrogen (secondary N) is 1. The molecule has 0 atom stereocenters. The highest BCUT2D eigenvalue weighted by Crippen LogP contribution is 2.24. The number of carbonyl (C=O) groups excluding carboxylic acids is 2. The highest BCUT2D eigenvalue weighted by Gasteiger charge is 2.35. The topological polar surface area (TPSA) is 92.6 Å². The molecular weight excluding hydrogens is 361 g/mol. The molecule has 0 aromatic heterocycles. The fraction of sp³-hybridized carbons (Fsp3) is 0. The number of benzene rings is 2. The third-order valence-corrected chi connectivity index (χ3v) is 3.89. The summed E-state index contributed by atoms with van der Waals surface area (Å²) in [7, 11) is 0. The van der Waals surface area contributed by atoms with E-state index in [0.29, 0.717) is 5.56 Å². The molecule has 1 aliphatic heterocycles. The molecule has 2 amide bonds. The van der Waals surface area contributed by atoms with Crippen LogP contribution in [-0.2, 0) is 9.59 Å². The lowest BCUT2D eigenvalue weighted by atomic mass is 10.1. The van der Waals surface area contributed by atoms with Crippen molar-refractivity contribution in [3.8, 4) is 0 Å². The molecule has 0 spiro atoms. The Morgan fingerprint density at radius 2 is 1.77 bits per heavy atom. The molecule has 1 N–H and O–H groups in total. The van der Waals surface area contributed by atoms with E-state index in [1.165, 1.54) is 54.6 Å². The van der Waals surface area contributed by atoms with Crippen molar-refractivity contribution in [2.75, 3.05) is 4.90 Å². The largest absolute Gasteiger partial charge is 0.298 e. The van der Waals surface area contributed by atoms with Crippen LogP contribution >= 0.6 is 12.2 Å². The predicted molar refractivity (Wildman–Crippen MR) is 95.7 cm³/mol. The van der Waals surface area contributed by atoms with E-state index < -0.39 is 22.6 Å². The first-order valence-electron chi connectivity index (χ1n) is 7.29. The molecule has 0 unspecified atom stereocenters. The Kier molecular flexibility index (Phi) is 4.55. The van der Waals surface area contributed by atoms with Crippen molar-refractivity contribution in [3.63, 3.8) is 0 Å². The quantitative estimate of drug-likeness (QED) is 0.294. The fourth-order valence-electron chi connectivity index (χ4n) is 2.37.